The Balaban J connectivity index is 3.13. The standard InChI is InChI=1S/C7H14F2O/c1-6(7(8)9)4-2-3-5-10/h6-7,10H,2-5H2,1H3. The summed E-state index contributed by atoms with van der Waals surface area (Å²) in [7, 11) is 0. The van der Waals surface area contributed by atoms with Gasteiger partial charge in [-0.3, -0.25) is 0 Å². The first-order chi connectivity index (χ1) is 4.68. The fraction of sp³-hybridized carbons (Fsp3) is 1.00. The Hall–Kier alpha value is -0.180. The zero-order chi connectivity index (χ0) is 7.98. The van der Waals surface area contributed by atoms with E-state index in [0.717, 1.165) is 0 Å². The first-order valence-electron chi connectivity index (χ1n) is 3.57. The Bertz CT molecular complexity index is 76.0. The molecule has 0 aromatic heterocycles. The molecule has 0 amide bonds. The molecule has 3 heteroatoms. The number of hydrogen-bond donors (Lipinski definition) is 1. The minimum atomic E-state index is -2.21. The van der Waals surface area contributed by atoms with Crippen LogP contribution in [0.4, 0.5) is 8.78 Å². The molecule has 0 aliphatic rings. The predicted molar refractivity (Wildman–Crippen MR) is 36.1 cm³/mol. The number of aliphatic hydroxyl groups excluding tert-OH is 1. The summed E-state index contributed by atoms with van der Waals surface area (Å²) in [4.78, 5) is 0. The molecule has 0 heterocycles. The molecule has 10 heavy (non-hydrogen) atoms. The lowest BCUT2D eigenvalue weighted by Crippen LogP contribution is -2.06. The van der Waals surface area contributed by atoms with Crippen LogP contribution >= 0.6 is 0 Å². The van der Waals surface area contributed by atoms with Crippen LogP contribution in [0.2, 0.25) is 0 Å². The van der Waals surface area contributed by atoms with Crippen LogP contribution in [-0.4, -0.2) is 18.1 Å². The molecule has 0 aromatic carbocycles. The van der Waals surface area contributed by atoms with Crippen LogP contribution in [0, 0.1) is 5.92 Å². The Morgan fingerprint density at radius 2 is 1.90 bits per heavy atom. The molecule has 62 valence electrons. The molecule has 0 fully saturated rings. The van der Waals surface area contributed by atoms with Crippen molar-refractivity contribution in [3.8, 4) is 0 Å². The Morgan fingerprint density at radius 3 is 2.30 bits per heavy atom. The lowest BCUT2D eigenvalue weighted by molar-refractivity contribution is 0.0796. The number of aliphatic hydroxyl groups is 1. The van der Waals surface area contributed by atoms with Gasteiger partial charge in [0, 0.05) is 12.5 Å². The van der Waals surface area contributed by atoms with Crippen molar-refractivity contribution in [1.29, 1.82) is 0 Å². The highest BCUT2D eigenvalue weighted by Gasteiger charge is 2.12. The molecule has 0 spiro atoms. The van der Waals surface area contributed by atoms with E-state index in [0.29, 0.717) is 19.3 Å². The number of hydrogen-bond acceptors (Lipinski definition) is 1. The van der Waals surface area contributed by atoms with Crippen LogP contribution in [0.25, 0.3) is 0 Å². The second kappa shape index (κ2) is 5.59. The first kappa shape index (κ1) is 9.82. The summed E-state index contributed by atoms with van der Waals surface area (Å²) >= 11 is 0. The molecule has 0 saturated carbocycles. The summed E-state index contributed by atoms with van der Waals surface area (Å²) in [6.07, 6.45) is -0.365. The first-order valence-corrected chi connectivity index (χ1v) is 3.57. The Labute approximate surface area is 60.1 Å². The average Bonchev–Trinajstić information content (AvgIpc) is 1.88. The van der Waals surface area contributed by atoms with Crippen LogP contribution in [0.3, 0.4) is 0 Å². The second-order valence-electron chi connectivity index (χ2n) is 2.53. The maximum atomic E-state index is 11.8. The van der Waals surface area contributed by atoms with Crippen LogP contribution in [0.1, 0.15) is 26.2 Å². The van der Waals surface area contributed by atoms with Gasteiger partial charge in [-0.15, -0.1) is 0 Å². The lowest BCUT2D eigenvalue weighted by atomic mass is 10.1. The highest BCUT2D eigenvalue weighted by atomic mass is 19.3. The second-order valence-corrected chi connectivity index (χ2v) is 2.53. The molecule has 0 aliphatic carbocycles. The van der Waals surface area contributed by atoms with Gasteiger partial charge >= 0.3 is 0 Å². The van der Waals surface area contributed by atoms with Crippen molar-refractivity contribution >= 4 is 0 Å². The third kappa shape index (κ3) is 4.68. The van der Waals surface area contributed by atoms with E-state index in [9.17, 15) is 8.78 Å². The maximum absolute atomic E-state index is 11.8. The van der Waals surface area contributed by atoms with Crippen molar-refractivity contribution in [3.05, 3.63) is 0 Å². The van der Waals surface area contributed by atoms with E-state index in [1.54, 1.807) is 0 Å². The summed E-state index contributed by atoms with van der Waals surface area (Å²) < 4.78 is 23.6. The minimum Gasteiger partial charge on any atom is -0.396 e. The van der Waals surface area contributed by atoms with Crippen molar-refractivity contribution in [2.75, 3.05) is 6.61 Å². The van der Waals surface area contributed by atoms with E-state index < -0.39 is 12.3 Å². The Morgan fingerprint density at radius 1 is 1.30 bits per heavy atom. The van der Waals surface area contributed by atoms with Gasteiger partial charge in [0.15, 0.2) is 0 Å². The van der Waals surface area contributed by atoms with Crippen LogP contribution in [0.5, 0.6) is 0 Å². The Kier molecular flexibility index (Phi) is 5.49. The molecule has 1 unspecified atom stereocenters. The third-order valence-electron chi connectivity index (χ3n) is 1.50. The maximum Gasteiger partial charge on any atom is 0.241 e. The van der Waals surface area contributed by atoms with E-state index in [2.05, 4.69) is 0 Å². The fourth-order valence-electron chi connectivity index (χ4n) is 0.704. The fourth-order valence-corrected chi connectivity index (χ4v) is 0.704. The molecule has 0 aliphatic heterocycles. The number of rotatable bonds is 5. The molecular weight excluding hydrogens is 138 g/mol. The van der Waals surface area contributed by atoms with Gasteiger partial charge in [0.1, 0.15) is 0 Å². The molecule has 1 nitrogen and oxygen atoms in total. The van der Waals surface area contributed by atoms with Gasteiger partial charge in [-0.25, -0.2) is 8.78 Å². The van der Waals surface area contributed by atoms with E-state index >= 15 is 0 Å². The smallest absolute Gasteiger partial charge is 0.241 e. The van der Waals surface area contributed by atoms with Gasteiger partial charge in [-0.1, -0.05) is 13.3 Å². The van der Waals surface area contributed by atoms with Crippen molar-refractivity contribution in [2.45, 2.75) is 32.6 Å². The average molecular weight is 152 g/mol. The highest BCUT2D eigenvalue weighted by Crippen LogP contribution is 2.15. The van der Waals surface area contributed by atoms with Gasteiger partial charge in [0.25, 0.3) is 0 Å². The topological polar surface area (TPSA) is 20.2 Å². The highest BCUT2D eigenvalue weighted by molar-refractivity contribution is 4.54. The molecule has 0 radical (unpaired) electrons. The zero-order valence-electron chi connectivity index (χ0n) is 6.19. The molecule has 1 N–H and O–H groups in total. The summed E-state index contributed by atoms with van der Waals surface area (Å²) in [6, 6.07) is 0. The van der Waals surface area contributed by atoms with Gasteiger partial charge in [-0.2, -0.15) is 0 Å². The number of unbranched alkanes of at least 4 members (excludes halogenated alkanes) is 1. The molecule has 0 aromatic rings. The van der Waals surface area contributed by atoms with Crippen LogP contribution < -0.4 is 0 Å². The SMILES string of the molecule is CC(CCCCO)C(F)F. The van der Waals surface area contributed by atoms with Gasteiger partial charge < -0.3 is 5.11 Å². The van der Waals surface area contributed by atoms with Crippen molar-refractivity contribution < 1.29 is 13.9 Å². The monoisotopic (exact) mass is 152 g/mol. The lowest BCUT2D eigenvalue weighted by Gasteiger charge is -2.07. The number of alkyl halides is 2. The van der Waals surface area contributed by atoms with Gasteiger partial charge in [-0.05, 0) is 12.8 Å². The summed E-state index contributed by atoms with van der Waals surface area (Å²) in [6.45, 7) is 1.64. The van der Waals surface area contributed by atoms with Crippen molar-refractivity contribution in [3.63, 3.8) is 0 Å². The number of halogens is 2. The molecular formula is C7H14F2O. The molecule has 1 atom stereocenters. The largest absolute Gasteiger partial charge is 0.396 e. The molecule has 0 saturated heterocycles. The van der Waals surface area contributed by atoms with Crippen LogP contribution in [-0.2, 0) is 0 Å². The predicted octanol–water partition coefficient (Wildman–Crippen LogP) is 2.05. The summed E-state index contributed by atoms with van der Waals surface area (Å²) in [5.74, 6) is -0.522. The van der Waals surface area contributed by atoms with Crippen LogP contribution in [0.15, 0.2) is 0 Å². The van der Waals surface area contributed by atoms with E-state index in [4.69, 9.17) is 5.11 Å². The minimum absolute atomic E-state index is 0.107. The summed E-state index contributed by atoms with van der Waals surface area (Å²) in [5.41, 5.74) is 0. The summed E-state index contributed by atoms with van der Waals surface area (Å²) in [5, 5.41) is 8.33. The van der Waals surface area contributed by atoms with E-state index in [1.807, 2.05) is 0 Å². The molecule has 0 rings (SSSR count). The normalized spacial score (nSPS) is 14.1. The van der Waals surface area contributed by atoms with E-state index in [-0.39, 0.29) is 6.61 Å². The van der Waals surface area contributed by atoms with Crippen molar-refractivity contribution in [1.82, 2.24) is 0 Å². The quantitative estimate of drug-likeness (QED) is 0.598. The molecule has 0 bridgehead atoms. The van der Waals surface area contributed by atoms with E-state index in [1.165, 1.54) is 6.92 Å². The third-order valence-corrected chi connectivity index (χ3v) is 1.50. The zero-order valence-corrected chi connectivity index (χ0v) is 6.19. The van der Waals surface area contributed by atoms with Gasteiger partial charge in [0.2, 0.25) is 6.43 Å². The van der Waals surface area contributed by atoms with Crippen molar-refractivity contribution in [2.24, 2.45) is 5.92 Å². The van der Waals surface area contributed by atoms with Gasteiger partial charge in [0.05, 0.1) is 0 Å².